The normalized spacial score (nSPS) is 11.6. The first-order chi connectivity index (χ1) is 11.4. The lowest BCUT2D eigenvalue weighted by molar-refractivity contribution is 0.394. The molecule has 0 spiro atoms. The summed E-state index contributed by atoms with van der Waals surface area (Å²) in [5, 5.41) is 3.81. The summed E-state index contributed by atoms with van der Waals surface area (Å²) in [6.45, 7) is 3.90. The van der Waals surface area contributed by atoms with Crippen molar-refractivity contribution in [3.63, 3.8) is 0 Å². The molecule has 3 aromatic rings. The van der Waals surface area contributed by atoms with Gasteiger partial charge in [-0.15, -0.1) is 0 Å². The third-order valence-corrected chi connectivity index (χ3v) is 4.92. The molecule has 1 N–H and O–H groups in total. The number of aryl methyl sites for hydroxylation is 2. The zero-order chi connectivity index (χ0) is 17.2. The van der Waals surface area contributed by atoms with Crippen molar-refractivity contribution >= 4 is 10.0 Å². The molecule has 0 fully saturated rings. The first-order valence-corrected chi connectivity index (χ1v) is 8.88. The van der Waals surface area contributed by atoms with Crippen LogP contribution in [0.5, 0.6) is 0 Å². The Morgan fingerprint density at radius 2 is 1.83 bits per heavy atom. The number of sulfonamides is 1. The van der Waals surface area contributed by atoms with Crippen LogP contribution in [0.2, 0.25) is 0 Å². The standard InChI is InChI=1S/C17H17N3O3S/c1-12-6-8-14(9-7-12)11-18-24(21,22)16-5-3-4-15(10-16)17-19-13(2)23-20-17/h3-10,18H,11H2,1-2H3. The van der Waals surface area contributed by atoms with E-state index < -0.39 is 10.0 Å². The van der Waals surface area contributed by atoms with Gasteiger partial charge in [0.05, 0.1) is 4.90 Å². The van der Waals surface area contributed by atoms with Crippen LogP contribution in [-0.2, 0) is 16.6 Å². The van der Waals surface area contributed by atoms with E-state index in [1.54, 1.807) is 19.1 Å². The number of hydrogen-bond acceptors (Lipinski definition) is 5. The third kappa shape index (κ3) is 3.69. The van der Waals surface area contributed by atoms with Gasteiger partial charge in [-0.05, 0) is 24.6 Å². The van der Waals surface area contributed by atoms with Gasteiger partial charge in [-0.2, -0.15) is 4.98 Å². The van der Waals surface area contributed by atoms with Crippen molar-refractivity contribution in [2.45, 2.75) is 25.3 Å². The van der Waals surface area contributed by atoms with Crippen LogP contribution < -0.4 is 4.72 Å². The minimum atomic E-state index is -3.63. The fourth-order valence-electron chi connectivity index (χ4n) is 2.19. The second-order valence-corrected chi connectivity index (χ2v) is 7.24. The van der Waals surface area contributed by atoms with E-state index in [1.807, 2.05) is 31.2 Å². The summed E-state index contributed by atoms with van der Waals surface area (Å²) in [6.07, 6.45) is 0. The molecule has 0 amide bonds. The van der Waals surface area contributed by atoms with Crippen molar-refractivity contribution in [1.82, 2.24) is 14.9 Å². The lowest BCUT2D eigenvalue weighted by atomic mass is 10.2. The van der Waals surface area contributed by atoms with Crippen LogP contribution in [0.1, 0.15) is 17.0 Å². The van der Waals surface area contributed by atoms with Crippen molar-refractivity contribution in [1.29, 1.82) is 0 Å². The van der Waals surface area contributed by atoms with E-state index in [4.69, 9.17) is 4.52 Å². The molecule has 1 aromatic heterocycles. The minimum Gasteiger partial charge on any atom is -0.339 e. The van der Waals surface area contributed by atoms with Crippen LogP contribution in [0.4, 0.5) is 0 Å². The van der Waals surface area contributed by atoms with Crippen molar-refractivity contribution in [2.75, 3.05) is 0 Å². The van der Waals surface area contributed by atoms with Gasteiger partial charge in [-0.1, -0.05) is 47.1 Å². The molecule has 0 saturated heterocycles. The Morgan fingerprint density at radius 1 is 1.08 bits per heavy atom. The number of nitrogens with one attached hydrogen (secondary N) is 1. The van der Waals surface area contributed by atoms with E-state index in [0.29, 0.717) is 17.3 Å². The zero-order valence-electron chi connectivity index (χ0n) is 13.4. The maximum absolute atomic E-state index is 12.5. The number of nitrogens with zero attached hydrogens (tertiary/aromatic N) is 2. The Morgan fingerprint density at radius 3 is 2.50 bits per heavy atom. The molecular formula is C17H17N3O3S. The molecule has 0 unspecified atom stereocenters. The molecular weight excluding hydrogens is 326 g/mol. The highest BCUT2D eigenvalue weighted by atomic mass is 32.2. The highest BCUT2D eigenvalue weighted by molar-refractivity contribution is 7.89. The maximum atomic E-state index is 12.5. The summed E-state index contributed by atoms with van der Waals surface area (Å²) >= 11 is 0. The van der Waals surface area contributed by atoms with Crippen molar-refractivity contribution in [3.8, 4) is 11.4 Å². The first kappa shape index (κ1) is 16.4. The molecule has 0 aliphatic carbocycles. The summed E-state index contributed by atoms with van der Waals surface area (Å²) < 4.78 is 32.5. The van der Waals surface area contributed by atoms with E-state index in [0.717, 1.165) is 11.1 Å². The van der Waals surface area contributed by atoms with Gasteiger partial charge in [0.2, 0.25) is 21.7 Å². The third-order valence-electron chi connectivity index (χ3n) is 3.52. The van der Waals surface area contributed by atoms with E-state index in [1.165, 1.54) is 12.1 Å². The van der Waals surface area contributed by atoms with E-state index in [-0.39, 0.29) is 11.4 Å². The predicted molar refractivity (Wildman–Crippen MR) is 89.7 cm³/mol. The maximum Gasteiger partial charge on any atom is 0.240 e. The smallest absolute Gasteiger partial charge is 0.240 e. The van der Waals surface area contributed by atoms with Gasteiger partial charge >= 0.3 is 0 Å². The van der Waals surface area contributed by atoms with E-state index in [9.17, 15) is 8.42 Å². The van der Waals surface area contributed by atoms with Crippen LogP contribution in [0.15, 0.2) is 57.9 Å². The fourth-order valence-corrected chi connectivity index (χ4v) is 3.25. The average molecular weight is 343 g/mol. The molecule has 3 rings (SSSR count). The predicted octanol–water partition coefficient (Wildman–Crippen LogP) is 2.83. The number of aromatic nitrogens is 2. The zero-order valence-corrected chi connectivity index (χ0v) is 14.2. The lowest BCUT2D eigenvalue weighted by Gasteiger charge is -2.08. The Kier molecular flexibility index (Phi) is 4.46. The van der Waals surface area contributed by atoms with E-state index >= 15 is 0 Å². The Balaban J connectivity index is 1.80. The van der Waals surface area contributed by atoms with Crippen molar-refractivity contribution in [2.24, 2.45) is 0 Å². The quantitative estimate of drug-likeness (QED) is 0.770. The Labute approximate surface area is 140 Å². The molecule has 2 aromatic carbocycles. The molecule has 6 nitrogen and oxygen atoms in total. The van der Waals surface area contributed by atoms with Gasteiger partial charge < -0.3 is 4.52 Å². The molecule has 0 radical (unpaired) electrons. The summed E-state index contributed by atoms with van der Waals surface area (Å²) in [7, 11) is -3.63. The second-order valence-electron chi connectivity index (χ2n) is 5.47. The molecule has 1 heterocycles. The molecule has 0 saturated carbocycles. The number of rotatable bonds is 5. The monoisotopic (exact) mass is 343 g/mol. The Bertz CT molecular complexity index is 947. The number of benzene rings is 2. The van der Waals surface area contributed by atoms with Crippen LogP contribution in [-0.4, -0.2) is 18.6 Å². The lowest BCUT2D eigenvalue weighted by Crippen LogP contribution is -2.23. The molecule has 0 aliphatic rings. The Hall–Kier alpha value is -2.51. The molecule has 7 heteroatoms. The van der Waals surface area contributed by atoms with Crippen LogP contribution in [0, 0.1) is 13.8 Å². The fraction of sp³-hybridized carbons (Fsp3) is 0.176. The SMILES string of the molecule is Cc1ccc(CNS(=O)(=O)c2cccc(-c3noc(C)n3)c2)cc1. The molecule has 0 atom stereocenters. The highest BCUT2D eigenvalue weighted by Gasteiger charge is 2.16. The van der Waals surface area contributed by atoms with Crippen molar-refractivity contribution in [3.05, 3.63) is 65.5 Å². The summed E-state index contributed by atoms with van der Waals surface area (Å²) in [6, 6.07) is 14.2. The molecule has 0 aliphatic heterocycles. The summed E-state index contributed by atoms with van der Waals surface area (Å²) in [5.74, 6) is 0.791. The van der Waals surface area contributed by atoms with Gasteiger partial charge in [0, 0.05) is 19.0 Å². The van der Waals surface area contributed by atoms with Gasteiger partial charge in [-0.25, -0.2) is 13.1 Å². The van der Waals surface area contributed by atoms with Crippen molar-refractivity contribution < 1.29 is 12.9 Å². The van der Waals surface area contributed by atoms with Crippen LogP contribution >= 0.6 is 0 Å². The highest BCUT2D eigenvalue weighted by Crippen LogP contribution is 2.20. The van der Waals surface area contributed by atoms with Gasteiger partial charge in [0.1, 0.15) is 0 Å². The van der Waals surface area contributed by atoms with Gasteiger partial charge in [0.15, 0.2) is 0 Å². The summed E-state index contributed by atoms with van der Waals surface area (Å²) in [4.78, 5) is 4.27. The number of hydrogen-bond donors (Lipinski definition) is 1. The molecule has 124 valence electrons. The summed E-state index contributed by atoms with van der Waals surface area (Å²) in [5.41, 5.74) is 2.61. The van der Waals surface area contributed by atoms with E-state index in [2.05, 4.69) is 14.9 Å². The van der Waals surface area contributed by atoms with Gasteiger partial charge in [0.25, 0.3) is 0 Å². The van der Waals surface area contributed by atoms with Gasteiger partial charge in [-0.3, -0.25) is 0 Å². The van der Waals surface area contributed by atoms with Crippen LogP contribution in [0.25, 0.3) is 11.4 Å². The minimum absolute atomic E-state index is 0.162. The second kappa shape index (κ2) is 6.54. The largest absolute Gasteiger partial charge is 0.339 e. The topological polar surface area (TPSA) is 85.1 Å². The average Bonchev–Trinajstić information content (AvgIpc) is 3.01. The van der Waals surface area contributed by atoms with Crippen LogP contribution in [0.3, 0.4) is 0 Å². The first-order valence-electron chi connectivity index (χ1n) is 7.40. The molecule has 0 bridgehead atoms. The molecule has 24 heavy (non-hydrogen) atoms.